The summed E-state index contributed by atoms with van der Waals surface area (Å²) in [5, 5.41) is 12.8. The third kappa shape index (κ3) is 5.33. The molecule has 1 saturated carbocycles. The molecule has 148 valence electrons. The van der Waals surface area contributed by atoms with E-state index in [1.807, 2.05) is 19.9 Å². The van der Waals surface area contributed by atoms with Gasteiger partial charge in [-0.15, -0.1) is 10.2 Å². The van der Waals surface area contributed by atoms with Gasteiger partial charge in [-0.05, 0) is 32.8 Å². The molecule has 0 aromatic carbocycles. The van der Waals surface area contributed by atoms with Crippen molar-refractivity contribution in [1.82, 2.24) is 14.8 Å². The van der Waals surface area contributed by atoms with Gasteiger partial charge in [0.1, 0.15) is 0 Å². The minimum Gasteiger partial charge on any atom is -0.383 e. The zero-order valence-electron chi connectivity index (χ0n) is 16.3. The first-order valence-corrected chi connectivity index (χ1v) is 11.3. The smallest absolute Gasteiger partial charge is 0.206 e. The van der Waals surface area contributed by atoms with E-state index < -0.39 is 0 Å². The summed E-state index contributed by atoms with van der Waals surface area (Å²) in [6.45, 7) is 5.43. The summed E-state index contributed by atoms with van der Waals surface area (Å²) < 4.78 is 8.14. The molecule has 27 heavy (non-hydrogen) atoms. The van der Waals surface area contributed by atoms with E-state index in [1.54, 1.807) is 18.4 Å². The van der Waals surface area contributed by atoms with Crippen LogP contribution >= 0.6 is 23.1 Å². The Morgan fingerprint density at radius 2 is 2.11 bits per heavy atom. The molecule has 1 aliphatic carbocycles. The molecule has 0 bridgehead atoms. The highest BCUT2D eigenvalue weighted by Crippen LogP contribution is 2.29. The Hall–Kier alpha value is -1.38. The number of aryl methyl sites for hydroxylation is 1. The molecule has 2 aromatic heterocycles. The molecule has 0 radical (unpaired) electrons. The van der Waals surface area contributed by atoms with Crippen LogP contribution in [-0.4, -0.2) is 46.1 Å². The molecule has 1 N–H and O–H groups in total. The maximum Gasteiger partial charge on any atom is 0.206 e. The first-order chi connectivity index (χ1) is 13.1. The Labute approximate surface area is 169 Å². The summed E-state index contributed by atoms with van der Waals surface area (Å²) in [5.74, 6) is 0.515. The van der Waals surface area contributed by atoms with Crippen LogP contribution in [0.4, 0.5) is 5.13 Å². The highest BCUT2D eigenvalue weighted by Gasteiger charge is 2.18. The molecule has 0 saturated heterocycles. The van der Waals surface area contributed by atoms with Crippen LogP contribution in [0.25, 0.3) is 0 Å². The fraction of sp³-hybridized carbons (Fsp3) is 0.632. The van der Waals surface area contributed by atoms with E-state index in [-0.39, 0.29) is 5.78 Å². The SMILES string of the molecule is COCCn1c(C)cc(C(=O)CSc2nnc(NC3CCCCC3)s2)c1C. The maximum absolute atomic E-state index is 12.7. The van der Waals surface area contributed by atoms with Crippen molar-refractivity contribution in [3.8, 4) is 0 Å². The van der Waals surface area contributed by atoms with Gasteiger partial charge in [-0.3, -0.25) is 4.79 Å². The van der Waals surface area contributed by atoms with Gasteiger partial charge in [0.05, 0.1) is 12.4 Å². The fourth-order valence-electron chi connectivity index (χ4n) is 3.56. The van der Waals surface area contributed by atoms with Crippen LogP contribution in [0.2, 0.25) is 0 Å². The normalized spacial score (nSPS) is 15.2. The Bertz CT molecular complexity index is 766. The lowest BCUT2D eigenvalue weighted by Crippen LogP contribution is -2.21. The highest BCUT2D eigenvalue weighted by atomic mass is 32.2. The van der Waals surface area contributed by atoms with E-state index in [9.17, 15) is 4.79 Å². The van der Waals surface area contributed by atoms with E-state index in [1.165, 1.54) is 43.9 Å². The first kappa shape index (κ1) is 20.4. The largest absolute Gasteiger partial charge is 0.383 e. The Kier molecular flexibility index (Phi) is 7.32. The number of ether oxygens (including phenoxy) is 1. The number of hydrogen-bond acceptors (Lipinski definition) is 7. The number of carbonyl (C=O) groups is 1. The molecular formula is C19H28N4O2S2. The maximum atomic E-state index is 12.7. The van der Waals surface area contributed by atoms with Gasteiger partial charge in [-0.1, -0.05) is 42.4 Å². The van der Waals surface area contributed by atoms with Crippen molar-refractivity contribution in [1.29, 1.82) is 0 Å². The van der Waals surface area contributed by atoms with E-state index >= 15 is 0 Å². The van der Waals surface area contributed by atoms with Crippen molar-refractivity contribution in [2.24, 2.45) is 0 Å². The third-order valence-corrected chi connectivity index (χ3v) is 7.05. The fourth-order valence-corrected chi connectivity index (χ4v) is 5.28. The number of ketones is 1. The number of anilines is 1. The van der Waals surface area contributed by atoms with Gasteiger partial charge in [-0.25, -0.2) is 0 Å². The number of thioether (sulfide) groups is 1. The van der Waals surface area contributed by atoms with Gasteiger partial charge >= 0.3 is 0 Å². The van der Waals surface area contributed by atoms with Gasteiger partial charge in [0.25, 0.3) is 0 Å². The molecule has 8 heteroatoms. The first-order valence-electron chi connectivity index (χ1n) is 9.50. The topological polar surface area (TPSA) is 69.0 Å². The number of nitrogens with one attached hydrogen (secondary N) is 1. The lowest BCUT2D eigenvalue weighted by molar-refractivity contribution is 0.102. The molecule has 0 amide bonds. The van der Waals surface area contributed by atoms with E-state index in [4.69, 9.17) is 4.74 Å². The van der Waals surface area contributed by atoms with Crippen molar-refractivity contribution >= 4 is 34.0 Å². The second-order valence-electron chi connectivity index (χ2n) is 6.99. The molecule has 2 heterocycles. The molecule has 2 aromatic rings. The van der Waals surface area contributed by atoms with Gasteiger partial charge < -0.3 is 14.6 Å². The van der Waals surface area contributed by atoms with Crippen LogP contribution in [0, 0.1) is 13.8 Å². The predicted octanol–water partition coefficient (Wildman–Crippen LogP) is 4.32. The Morgan fingerprint density at radius 1 is 1.33 bits per heavy atom. The summed E-state index contributed by atoms with van der Waals surface area (Å²) in [6.07, 6.45) is 6.33. The number of hydrogen-bond donors (Lipinski definition) is 1. The van der Waals surface area contributed by atoms with Crippen molar-refractivity contribution < 1.29 is 9.53 Å². The van der Waals surface area contributed by atoms with E-state index in [2.05, 4.69) is 20.1 Å². The molecule has 3 rings (SSSR count). The quantitative estimate of drug-likeness (QED) is 0.492. The third-order valence-electron chi connectivity index (χ3n) is 5.06. The number of nitrogens with zero attached hydrogens (tertiary/aromatic N) is 3. The summed E-state index contributed by atoms with van der Waals surface area (Å²) in [7, 11) is 1.69. The van der Waals surface area contributed by atoms with Crippen LogP contribution in [0.3, 0.4) is 0 Å². The Morgan fingerprint density at radius 3 is 2.85 bits per heavy atom. The zero-order valence-corrected chi connectivity index (χ0v) is 17.9. The second kappa shape index (κ2) is 9.71. The van der Waals surface area contributed by atoms with E-state index in [0.29, 0.717) is 18.4 Å². The lowest BCUT2D eigenvalue weighted by Gasteiger charge is -2.21. The summed E-state index contributed by atoms with van der Waals surface area (Å²) >= 11 is 3.01. The molecular weight excluding hydrogens is 380 g/mol. The average Bonchev–Trinajstić information content (AvgIpc) is 3.23. The summed E-state index contributed by atoms with van der Waals surface area (Å²) in [6, 6.07) is 2.49. The highest BCUT2D eigenvalue weighted by molar-refractivity contribution is 8.01. The van der Waals surface area contributed by atoms with Crippen molar-refractivity contribution in [3.63, 3.8) is 0 Å². The molecule has 6 nitrogen and oxygen atoms in total. The summed E-state index contributed by atoms with van der Waals surface area (Å²) in [5.41, 5.74) is 2.89. The van der Waals surface area contributed by atoms with Crippen LogP contribution < -0.4 is 5.32 Å². The summed E-state index contributed by atoms with van der Waals surface area (Å²) in [4.78, 5) is 12.7. The Balaban J connectivity index is 1.55. The predicted molar refractivity (Wildman–Crippen MR) is 111 cm³/mol. The molecule has 0 atom stereocenters. The number of methoxy groups -OCH3 is 1. The molecule has 0 unspecified atom stereocenters. The molecule has 1 aliphatic rings. The monoisotopic (exact) mass is 408 g/mol. The number of carbonyl (C=O) groups excluding carboxylic acids is 1. The van der Waals surface area contributed by atoms with Crippen molar-refractivity contribution in [2.75, 3.05) is 24.8 Å². The second-order valence-corrected chi connectivity index (χ2v) is 9.19. The van der Waals surface area contributed by atoms with Crippen LogP contribution in [0.15, 0.2) is 10.4 Å². The van der Waals surface area contributed by atoms with Crippen LogP contribution in [0.5, 0.6) is 0 Å². The minimum atomic E-state index is 0.133. The standard InChI is InChI=1S/C19H28N4O2S2/c1-13-11-16(14(2)23(13)9-10-25-3)17(24)12-26-19-22-21-18(27-19)20-15-7-5-4-6-8-15/h11,15H,4-10,12H2,1-3H3,(H,20,21). The van der Waals surface area contributed by atoms with Gasteiger partial charge in [-0.2, -0.15) is 0 Å². The van der Waals surface area contributed by atoms with Crippen LogP contribution in [-0.2, 0) is 11.3 Å². The lowest BCUT2D eigenvalue weighted by atomic mass is 9.96. The van der Waals surface area contributed by atoms with Crippen LogP contribution in [0.1, 0.15) is 53.8 Å². The van der Waals surface area contributed by atoms with Crippen molar-refractivity contribution in [3.05, 3.63) is 23.0 Å². The molecule has 1 fully saturated rings. The van der Waals surface area contributed by atoms with E-state index in [0.717, 1.165) is 33.0 Å². The van der Waals surface area contributed by atoms with Gasteiger partial charge in [0.15, 0.2) is 10.1 Å². The molecule has 0 aliphatic heterocycles. The van der Waals surface area contributed by atoms with Gasteiger partial charge in [0.2, 0.25) is 5.13 Å². The zero-order chi connectivity index (χ0) is 19.2. The van der Waals surface area contributed by atoms with Gasteiger partial charge in [0, 0.05) is 36.6 Å². The number of aromatic nitrogens is 3. The number of Topliss-reactive ketones (excluding diaryl/α,β-unsaturated/α-hetero) is 1. The minimum absolute atomic E-state index is 0.133. The van der Waals surface area contributed by atoms with Crippen molar-refractivity contribution in [2.45, 2.75) is 62.9 Å². The number of rotatable bonds is 9. The average molecular weight is 409 g/mol. The molecule has 0 spiro atoms.